The first-order valence-electron chi connectivity index (χ1n) is 8.09. The highest BCUT2D eigenvalue weighted by Gasteiger charge is 2.35. The Balaban J connectivity index is 1.63. The molecule has 3 nitrogen and oxygen atoms in total. The molecule has 1 aliphatic heterocycles. The van der Waals surface area contributed by atoms with Crippen LogP contribution in [0.2, 0.25) is 0 Å². The molecule has 0 aromatic heterocycles. The predicted molar refractivity (Wildman–Crippen MR) is 110 cm³/mol. The minimum Gasteiger partial charge on any atom is -0.268 e. The van der Waals surface area contributed by atoms with E-state index in [4.69, 9.17) is 0 Å². The summed E-state index contributed by atoms with van der Waals surface area (Å²) in [5.74, 6) is -0.243. The van der Waals surface area contributed by atoms with Gasteiger partial charge in [0.05, 0.1) is 11.4 Å². The third-order valence-electron chi connectivity index (χ3n) is 4.23. The van der Waals surface area contributed by atoms with Crippen LogP contribution >= 0.6 is 27.7 Å². The second-order valence-corrected chi connectivity index (χ2v) is 7.87. The number of amides is 2. The molecule has 0 unspecified atom stereocenters. The van der Waals surface area contributed by atoms with Crippen LogP contribution in [-0.2, 0) is 11.3 Å². The predicted octanol–water partition coefficient (Wildman–Crippen LogP) is 5.84. The minimum atomic E-state index is -0.243. The van der Waals surface area contributed by atoms with Crippen LogP contribution in [0.4, 0.5) is 4.79 Å². The summed E-state index contributed by atoms with van der Waals surface area (Å²) in [6.45, 7) is 0.280. The molecule has 1 aliphatic rings. The lowest BCUT2D eigenvalue weighted by atomic mass is 10.0. The number of halogens is 1. The third kappa shape index (κ3) is 3.32. The van der Waals surface area contributed by atoms with Gasteiger partial charge in [0.15, 0.2) is 0 Å². The molecule has 26 heavy (non-hydrogen) atoms. The Morgan fingerprint density at radius 3 is 2.58 bits per heavy atom. The summed E-state index contributed by atoms with van der Waals surface area (Å²) in [6.07, 6.45) is 1.76. The highest BCUT2D eigenvalue weighted by atomic mass is 79.9. The summed E-state index contributed by atoms with van der Waals surface area (Å²) >= 11 is 4.41. The number of carbonyl (C=O) groups is 2. The second-order valence-electron chi connectivity index (χ2n) is 5.96. The zero-order chi connectivity index (χ0) is 18.1. The van der Waals surface area contributed by atoms with E-state index in [0.717, 1.165) is 38.1 Å². The van der Waals surface area contributed by atoms with Crippen LogP contribution in [0.25, 0.3) is 16.8 Å². The van der Waals surface area contributed by atoms with E-state index in [-0.39, 0.29) is 17.7 Å². The van der Waals surface area contributed by atoms with Crippen molar-refractivity contribution in [2.45, 2.75) is 6.54 Å². The molecule has 1 saturated heterocycles. The molecule has 0 saturated carbocycles. The van der Waals surface area contributed by atoms with Crippen molar-refractivity contribution in [3.8, 4) is 0 Å². The van der Waals surface area contributed by atoms with Crippen molar-refractivity contribution in [1.29, 1.82) is 0 Å². The molecule has 2 amide bonds. The van der Waals surface area contributed by atoms with Crippen molar-refractivity contribution >= 4 is 55.7 Å². The summed E-state index contributed by atoms with van der Waals surface area (Å²) in [5.41, 5.74) is 1.85. The van der Waals surface area contributed by atoms with Crippen molar-refractivity contribution in [3.05, 3.63) is 87.2 Å². The minimum absolute atomic E-state index is 0.232. The Morgan fingerprint density at radius 2 is 1.73 bits per heavy atom. The molecule has 1 fully saturated rings. The van der Waals surface area contributed by atoms with E-state index >= 15 is 0 Å². The van der Waals surface area contributed by atoms with Gasteiger partial charge in [-0.15, -0.1) is 0 Å². The van der Waals surface area contributed by atoms with Crippen molar-refractivity contribution in [2.75, 3.05) is 0 Å². The summed E-state index contributed by atoms with van der Waals surface area (Å²) < 4.78 is 0.932. The maximum absolute atomic E-state index is 12.7. The van der Waals surface area contributed by atoms with Gasteiger partial charge in [0.25, 0.3) is 11.1 Å². The normalized spacial score (nSPS) is 16.0. The zero-order valence-corrected chi connectivity index (χ0v) is 16.1. The van der Waals surface area contributed by atoms with E-state index in [2.05, 4.69) is 15.9 Å². The van der Waals surface area contributed by atoms with Crippen LogP contribution in [0, 0.1) is 0 Å². The lowest BCUT2D eigenvalue weighted by molar-refractivity contribution is -0.123. The van der Waals surface area contributed by atoms with Crippen molar-refractivity contribution in [1.82, 2.24) is 4.90 Å². The fraction of sp³-hybridized carbons (Fsp3) is 0.0476. The quantitative estimate of drug-likeness (QED) is 0.496. The van der Waals surface area contributed by atoms with Crippen LogP contribution in [0.1, 0.15) is 11.1 Å². The summed E-state index contributed by atoms with van der Waals surface area (Å²) in [6, 6.07) is 21.6. The number of imide groups is 1. The van der Waals surface area contributed by atoms with E-state index in [1.54, 1.807) is 6.08 Å². The molecule has 128 valence electrons. The fourth-order valence-corrected chi connectivity index (χ4v) is 4.24. The average molecular weight is 424 g/mol. The number of hydrogen-bond donors (Lipinski definition) is 0. The second kappa shape index (κ2) is 7.09. The van der Waals surface area contributed by atoms with E-state index in [0.29, 0.717) is 4.91 Å². The SMILES string of the molecule is O=C1S/C(=C\c2cccc(Br)c2)C(=O)N1Cc1cccc2ccccc12. The van der Waals surface area contributed by atoms with Gasteiger partial charge in [0.2, 0.25) is 0 Å². The van der Waals surface area contributed by atoms with Crippen LogP contribution in [0.5, 0.6) is 0 Å². The number of nitrogens with zero attached hydrogens (tertiary/aromatic N) is 1. The van der Waals surface area contributed by atoms with Crippen molar-refractivity contribution in [3.63, 3.8) is 0 Å². The van der Waals surface area contributed by atoms with Gasteiger partial charge in [0, 0.05) is 4.47 Å². The Morgan fingerprint density at radius 1 is 0.962 bits per heavy atom. The molecule has 0 N–H and O–H groups in total. The highest BCUT2D eigenvalue weighted by molar-refractivity contribution is 9.10. The van der Waals surface area contributed by atoms with Crippen LogP contribution in [0.15, 0.2) is 76.1 Å². The van der Waals surface area contributed by atoms with Crippen LogP contribution < -0.4 is 0 Å². The topological polar surface area (TPSA) is 37.4 Å². The smallest absolute Gasteiger partial charge is 0.268 e. The lowest BCUT2D eigenvalue weighted by Crippen LogP contribution is -2.27. The molecule has 1 heterocycles. The van der Waals surface area contributed by atoms with E-state index < -0.39 is 0 Å². The van der Waals surface area contributed by atoms with E-state index in [1.807, 2.05) is 66.7 Å². The highest BCUT2D eigenvalue weighted by Crippen LogP contribution is 2.34. The molecule has 0 aliphatic carbocycles. The maximum Gasteiger partial charge on any atom is 0.293 e. The molecular formula is C21H14BrNO2S. The molecule has 3 aromatic rings. The van der Waals surface area contributed by atoms with E-state index in [1.165, 1.54) is 4.90 Å². The molecule has 0 bridgehead atoms. The number of fused-ring (bicyclic) bond motifs is 1. The molecule has 4 rings (SSSR count). The summed E-state index contributed by atoms with van der Waals surface area (Å²) in [7, 11) is 0. The number of benzene rings is 3. The van der Waals surface area contributed by atoms with Crippen LogP contribution in [-0.4, -0.2) is 16.0 Å². The Labute approximate surface area is 163 Å². The largest absolute Gasteiger partial charge is 0.293 e. The first kappa shape index (κ1) is 17.1. The number of rotatable bonds is 3. The van der Waals surface area contributed by atoms with Gasteiger partial charge in [-0.2, -0.15) is 0 Å². The van der Waals surface area contributed by atoms with Gasteiger partial charge in [-0.25, -0.2) is 0 Å². The summed E-state index contributed by atoms with van der Waals surface area (Å²) in [5, 5.41) is 1.93. The van der Waals surface area contributed by atoms with E-state index in [9.17, 15) is 9.59 Å². The molecule has 0 atom stereocenters. The average Bonchev–Trinajstić information content (AvgIpc) is 2.89. The van der Waals surface area contributed by atoms with Crippen LogP contribution in [0.3, 0.4) is 0 Å². The standard InChI is InChI=1S/C21H14BrNO2S/c22-17-9-3-5-14(11-17)12-19-20(24)23(21(25)26-19)13-16-8-4-7-15-6-1-2-10-18(15)16/h1-12H,13H2/b19-12-. The third-order valence-corrected chi connectivity index (χ3v) is 5.63. The Hall–Kier alpha value is -2.37. The fourth-order valence-electron chi connectivity index (χ4n) is 2.98. The van der Waals surface area contributed by atoms with Gasteiger partial charge in [-0.1, -0.05) is 70.5 Å². The van der Waals surface area contributed by atoms with Gasteiger partial charge >= 0.3 is 0 Å². The molecule has 3 aromatic carbocycles. The maximum atomic E-state index is 12.7. The summed E-state index contributed by atoms with van der Waals surface area (Å²) in [4.78, 5) is 26.9. The number of hydrogen-bond acceptors (Lipinski definition) is 3. The zero-order valence-electron chi connectivity index (χ0n) is 13.7. The van der Waals surface area contributed by atoms with Gasteiger partial charge < -0.3 is 0 Å². The monoisotopic (exact) mass is 423 g/mol. The Bertz CT molecular complexity index is 1060. The Kier molecular flexibility index (Phi) is 4.66. The lowest BCUT2D eigenvalue weighted by Gasteiger charge is -2.14. The van der Waals surface area contributed by atoms with Crippen molar-refractivity contribution < 1.29 is 9.59 Å². The number of carbonyl (C=O) groups excluding carboxylic acids is 2. The van der Waals surface area contributed by atoms with Gasteiger partial charge in [-0.05, 0) is 51.9 Å². The first-order chi connectivity index (χ1) is 12.6. The van der Waals surface area contributed by atoms with Gasteiger partial charge in [0.1, 0.15) is 0 Å². The first-order valence-corrected chi connectivity index (χ1v) is 9.70. The molecular weight excluding hydrogens is 410 g/mol. The van der Waals surface area contributed by atoms with Crippen molar-refractivity contribution in [2.24, 2.45) is 0 Å². The number of thioether (sulfide) groups is 1. The van der Waals surface area contributed by atoms with Gasteiger partial charge in [-0.3, -0.25) is 14.5 Å². The molecule has 0 spiro atoms. The molecule has 0 radical (unpaired) electrons. The molecule has 5 heteroatoms.